The summed E-state index contributed by atoms with van der Waals surface area (Å²) in [4.78, 5) is 25.2. The van der Waals surface area contributed by atoms with Crippen molar-refractivity contribution in [2.75, 3.05) is 11.1 Å². The van der Waals surface area contributed by atoms with Gasteiger partial charge in [-0.05, 0) is 90.9 Å². The molecule has 1 aromatic heterocycles. The zero-order chi connectivity index (χ0) is 24.8. The minimum Gasteiger partial charge on any atom is -0.342 e. The summed E-state index contributed by atoms with van der Waals surface area (Å²) in [6.45, 7) is 10.0. The predicted octanol–water partition coefficient (Wildman–Crippen LogP) is 5.56. The molecule has 0 bridgehead atoms. The number of aryl methyl sites for hydroxylation is 2. The van der Waals surface area contributed by atoms with Gasteiger partial charge in [-0.1, -0.05) is 29.4 Å². The molecule has 0 saturated heterocycles. The Balaban J connectivity index is 1.68. The Labute approximate surface area is 221 Å². The van der Waals surface area contributed by atoms with Gasteiger partial charge in [0.2, 0.25) is 5.91 Å². The summed E-state index contributed by atoms with van der Waals surface area (Å²) in [7, 11) is 0. The number of hydrogen-bond donors (Lipinski definition) is 2. The number of thioether (sulfide) groups is 1. The third-order valence-corrected chi connectivity index (χ3v) is 6.83. The summed E-state index contributed by atoms with van der Waals surface area (Å²) in [5, 5.41) is 15.6. The molecule has 0 aliphatic carbocycles. The molecule has 0 spiro atoms. The Morgan fingerprint density at radius 2 is 1.85 bits per heavy atom. The first-order valence-corrected chi connectivity index (χ1v) is 12.9. The quantitative estimate of drug-likeness (QED) is 0.188. The van der Waals surface area contributed by atoms with Crippen molar-refractivity contribution in [1.29, 1.82) is 0 Å². The second kappa shape index (κ2) is 11.9. The van der Waals surface area contributed by atoms with Gasteiger partial charge in [0.25, 0.3) is 5.91 Å². The molecule has 10 heteroatoms. The van der Waals surface area contributed by atoms with Crippen LogP contribution in [0, 0.1) is 17.4 Å². The second-order valence-electron chi connectivity index (χ2n) is 7.69. The topological polar surface area (TPSA) is 88.9 Å². The molecule has 2 aromatic carbocycles. The summed E-state index contributed by atoms with van der Waals surface area (Å²) in [5.41, 5.74) is 3.37. The highest BCUT2D eigenvalue weighted by Gasteiger charge is 2.21. The van der Waals surface area contributed by atoms with Gasteiger partial charge < -0.3 is 15.2 Å². The molecule has 0 saturated carbocycles. The Hall–Kier alpha value is -2.37. The van der Waals surface area contributed by atoms with E-state index in [2.05, 4.69) is 50.0 Å². The molecule has 7 nitrogen and oxygen atoms in total. The summed E-state index contributed by atoms with van der Waals surface area (Å²) < 4.78 is 2.97. The molecule has 2 amide bonds. The van der Waals surface area contributed by atoms with Gasteiger partial charge in [-0.2, -0.15) is 0 Å². The van der Waals surface area contributed by atoms with Crippen LogP contribution in [0.3, 0.4) is 0 Å². The maximum absolute atomic E-state index is 12.6. The number of hydrogen-bond acceptors (Lipinski definition) is 5. The minimum atomic E-state index is -0.407. The van der Waals surface area contributed by atoms with Gasteiger partial charge in [-0.25, -0.2) is 0 Å². The summed E-state index contributed by atoms with van der Waals surface area (Å²) in [5.74, 6) is 0.380. The molecule has 0 aliphatic rings. The maximum Gasteiger partial charge on any atom is 0.251 e. The Bertz CT molecular complexity index is 1190. The average molecular weight is 610 g/mol. The summed E-state index contributed by atoms with van der Waals surface area (Å²) in [6, 6.07) is 10.3. The number of carbonyl (C=O) groups is 2. The number of rotatable bonds is 9. The van der Waals surface area contributed by atoms with E-state index in [1.54, 1.807) is 30.3 Å². The van der Waals surface area contributed by atoms with Crippen LogP contribution >= 0.6 is 46.0 Å². The number of allylic oxidation sites excluding steroid dienone is 1. The van der Waals surface area contributed by atoms with Gasteiger partial charge in [-0.3, -0.25) is 9.59 Å². The van der Waals surface area contributed by atoms with Crippen molar-refractivity contribution in [3.8, 4) is 0 Å². The fourth-order valence-corrected chi connectivity index (χ4v) is 5.20. The van der Waals surface area contributed by atoms with Crippen LogP contribution in [0.2, 0.25) is 5.02 Å². The first kappa shape index (κ1) is 26.2. The molecule has 0 fully saturated rings. The van der Waals surface area contributed by atoms with E-state index >= 15 is 0 Å². The van der Waals surface area contributed by atoms with Crippen LogP contribution < -0.4 is 10.6 Å². The Morgan fingerprint density at radius 3 is 2.47 bits per heavy atom. The van der Waals surface area contributed by atoms with Crippen molar-refractivity contribution in [3.63, 3.8) is 0 Å². The first-order chi connectivity index (χ1) is 16.2. The Kier molecular flexibility index (Phi) is 9.15. The lowest BCUT2D eigenvalue weighted by molar-refractivity contribution is -0.113. The van der Waals surface area contributed by atoms with Crippen molar-refractivity contribution >= 4 is 63.5 Å². The SMILES string of the molecule is C=CCn1c(SCC(=O)Nc2c(C)cc(I)cc2C)nnc1[C@@H](C)NC(=O)c1ccc(Cl)cc1. The zero-order valence-corrected chi connectivity index (χ0v) is 22.8. The highest BCUT2D eigenvalue weighted by Crippen LogP contribution is 2.25. The summed E-state index contributed by atoms with van der Waals surface area (Å²) in [6.07, 6.45) is 1.73. The lowest BCUT2D eigenvalue weighted by atomic mass is 10.1. The van der Waals surface area contributed by atoms with Crippen LogP contribution in [-0.4, -0.2) is 32.3 Å². The second-order valence-corrected chi connectivity index (χ2v) is 10.3. The van der Waals surface area contributed by atoms with Crippen molar-refractivity contribution in [3.05, 3.63) is 80.2 Å². The van der Waals surface area contributed by atoms with Crippen LogP contribution in [0.1, 0.15) is 40.3 Å². The van der Waals surface area contributed by atoms with Crippen LogP contribution in [0.4, 0.5) is 5.69 Å². The van der Waals surface area contributed by atoms with E-state index in [1.165, 1.54) is 11.8 Å². The molecule has 2 N–H and O–H groups in total. The standard InChI is InChI=1S/C24H25ClIN5O2S/c1-5-10-31-22(16(4)27-23(33)17-6-8-18(25)9-7-17)29-30-24(31)34-13-20(32)28-21-14(2)11-19(26)12-15(21)3/h5-9,11-12,16H,1,10,13H2,2-4H3,(H,27,33)(H,28,32)/t16-/m1/s1. The molecule has 3 aromatic rings. The zero-order valence-electron chi connectivity index (χ0n) is 19.1. The Morgan fingerprint density at radius 1 is 1.21 bits per heavy atom. The van der Waals surface area contributed by atoms with E-state index < -0.39 is 6.04 Å². The number of nitrogens with one attached hydrogen (secondary N) is 2. The van der Waals surface area contributed by atoms with Crippen molar-refractivity contribution in [1.82, 2.24) is 20.1 Å². The number of nitrogens with zero attached hydrogens (tertiary/aromatic N) is 3. The van der Waals surface area contributed by atoms with E-state index in [9.17, 15) is 9.59 Å². The number of anilines is 1. The fraction of sp³-hybridized carbons (Fsp3) is 0.250. The molecule has 178 valence electrons. The van der Waals surface area contributed by atoms with Crippen molar-refractivity contribution in [2.24, 2.45) is 0 Å². The molecule has 0 aliphatic heterocycles. The number of benzene rings is 2. The predicted molar refractivity (Wildman–Crippen MR) is 146 cm³/mol. The molecule has 0 radical (unpaired) electrons. The van der Waals surface area contributed by atoms with Crippen LogP contribution in [0.25, 0.3) is 0 Å². The lowest BCUT2D eigenvalue weighted by Crippen LogP contribution is -2.28. The number of amides is 2. The number of carbonyl (C=O) groups excluding carboxylic acids is 2. The van der Waals surface area contributed by atoms with Gasteiger partial charge in [0, 0.05) is 26.4 Å². The van der Waals surface area contributed by atoms with Crippen LogP contribution in [0.15, 0.2) is 54.2 Å². The fourth-order valence-electron chi connectivity index (χ4n) is 3.39. The third-order valence-electron chi connectivity index (χ3n) is 4.99. The highest BCUT2D eigenvalue weighted by atomic mass is 127. The van der Waals surface area contributed by atoms with Crippen molar-refractivity contribution in [2.45, 2.75) is 38.5 Å². The molecule has 1 heterocycles. The molecule has 1 atom stereocenters. The van der Waals surface area contributed by atoms with Gasteiger partial charge in [0.05, 0.1) is 11.8 Å². The average Bonchev–Trinajstić information content (AvgIpc) is 3.18. The highest BCUT2D eigenvalue weighted by molar-refractivity contribution is 14.1. The van der Waals surface area contributed by atoms with Crippen LogP contribution in [-0.2, 0) is 11.3 Å². The van der Waals surface area contributed by atoms with E-state index in [4.69, 9.17) is 11.6 Å². The monoisotopic (exact) mass is 609 g/mol. The van der Waals surface area contributed by atoms with E-state index in [0.29, 0.717) is 28.1 Å². The first-order valence-electron chi connectivity index (χ1n) is 10.5. The van der Waals surface area contributed by atoms with Crippen LogP contribution in [0.5, 0.6) is 0 Å². The van der Waals surface area contributed by atoms with Gasteiger partial charge in [0.1, 0.15) is 0 Å². The van der Waals surface area contributed by atoms with Gasteiger partial charge in [0.15, 0.2) is 11.0 Å². The van der Waals surface area contributed by atoms with Gasteiger partial charge >= 0.3 is 0 Å². The molecular weight excluding hydrogens is 585 g/mol. The smallest absolute Gasteiger partial charge is 0.251 e. The van der Waals surface area contributed by atoms with E-state index in [-0.39, 0.29) is 17.6 Å². The number of aromatic nitrogens is 3. The molecular formula is C24H25ClIN5O2S. The largest absolute Gasteiger partial charge is 0.342 e. The summed E-state index contributed by atoms with van der Waals surface area (Å²) >= 11 is 9.45. The lowest BCUT2D eigenvalue weighted by Gasteiger charge is -2.15. The minimum absolute atomic E-state index is 0.129. The van der Waals surface area contributed by atoms with E-state index in [1.807, 2.05) is 37.5 Å². The van der Waals surface area contributed by atoms with Crippen molar-refractivity contribution < 1.29 is 9.59 Å². The normalized spacial score (nSPS) is 11.7. The number of halogens is 2. The third kappa shape index (κ3) is 6.61. The molecule has 3 rings (SSSR count). The van der Waals surface area contributed by atoms with E-state index in [0.717, 1.165) is 20.4 Å². The maximum atomic E-state index is 12.6. The van der Waals surface area contributed by atoms with Gasteiger partial charge in [-0.15, -0.1) is 16.8 Å². The molecule has 34 heavy (non-hydrogen) atoms. The molecule has 0 unspecified atom stereocenters.